The third kappa shape index (κ3) is 6.71. The lowest BCUT2D eigenvalue weighted by Gasteiger charge is -2.12. The van der Waals surface area contributed by atoms with Crippen LogP contribution in [0.1, 0.15) is 41.3 Å². The first-order chi connectivity index (χ1) is 12.8. The molecule has 0 saturated carbocycles. The molecule has 142 valence electrons. The Morgan fingerprint density at radius 2 is 1.78 bits per heavy atom. The van der Waals surface area contributed by atoms with Crippen LogP contribution in [0.5, 0.6) is 5.75 Å². The summed E-state index contributed by atoms with van der Waals surface area (Å²) in [5, 5.41) is 2.50. The maximum atomic E-state index is 12.1. The summed E-state index contributed by atoms with van der Waals surface area (Å²) < 4.78 is 5.38. The van der Waals surface area contributed by atoms with Gasteiger partial charge in [-0.2, -0.15) is 0 Å². The number of thiocarbonyl (C=S) groups is 1. The molecular weight excluding hydrogens is 362 g/mol. The van der Waals surface area contributed by atoms with Gasteiger partial charge in [0, 0.05) is 5.56 Å². The lowest BCUT2D eigenvalue weighted by atomic mass is 10.0. The van der Waals surface area contributed by atoms with Crippen molar-refractivity contribution in [1.29, 1.82) is 0 Å². The number of carbonyl (C=O) groups excluding carboxylic acids is 2. The van der Waals surface area contributed by atoms with Crippen LogP contribution in [0.3, 0.4) is 0 Å². The second kappa shape index (κ2) is 9.68. The molecule has 0 radical (unpaired) electrons. The van der Waals surface area contributed by atoms with Gasteiger partial charge in [-0.1, -0.05) is 38.1 Å². The van der Waals surface area contributed by atoms with Crippen molar-refractivity contribution in [2.24, 2.45) is 0 Å². The highest BCUT2D eigenvalue weighted by molar-refractivity contribution is 7.80. The number of amides is 2. The SMILES string of the molecule is Cc1cccc(OCC(=O)NNC(=S)NC(=O)c2ccc(C(C)C)cc2)c1. The molecule has 6 nitrogen and oxygen atoms in total. The minimum atomic E-state index is -0.422. The second-order valence-electron chi connectivity index (χ2n) is 6.34. The Morgan fingerprint density at radius 1 is 1.07 bits per heavy atom. The number of benzene rings is 2. The van der Waals surface area contributed by atoms with E-state index in [2.05, 4.69) is 30.0 Å². The number of hydrogen-bond donors (Lipinski definition) is 3. The highest BCUT2D eigenvalue weighted by atomic mass is 32.1. The van der Waals surface area contributed by atoms with Crippen molar-refractivity contribution < 1.29 is 14.3 Å². The van der Waals surface area contributed by atoms with Crippen LogP contribution >= 0.6 is 12.2 Å². The lowest BCUT2D eigenvalue weighted by Crippen LogP contribution is -2.49. The zero-order valence-electron chi connectivity index (χ0n) is 15.5. The fourth-order valence-electron chi connectivity index (χ4n) is 2.24. The number of aryl methyl sites for hydroxylation is 1. The molecule has 3 N–H and O–H groups in total. The van der Waals surface area contributed by atoms with Crippen LogP contribution < -0.4 is 20.9 Å². The average Bonchev–Trinajstić information content (AvgIpc) is 2.64. The minimum absolute atomic E-state index is 0.00292. The zero-order valence-corrected chi connectivity index (χ0v) is 16.4. The largest absolute Gasteiger partial charge is 0.484 e. The van der Waals surface area contributed by atoms with Gasteiger partial charge in [0.25, 0.3) is 11.8 Å². The maximum absolute atomic E-state index is 12.1. The quantitative estimate of drug-likeness (QED) is 0.545. The Kier molecular flexibility index (Phi) is 7.31. The van der Waals surface area contributed by atoms with Crippen molar-refractivity contribution in [3.8, 4) is 5.75 Å². The van der Waals surface area contributed by atoms with Gasteiger partial charge in [-0.05, 0) is 60.5 Å². The van der Waals surface area contributed by atoms with Crippen molar-refractivity contribution in [2.45, 2.75) is 26.7 Å². The van der Waals surface area contributed by atoms with E-state index >= 15 is 0 Å². The molecule has 0 heterocycles. The smallest absolute Gasteiger partial charge is 0.276 e. The monoisotopic (exact) mass is 385 g/mol. The van der Waals surface area contributed by atoms with Crippen LogP contribution in [0.15, 0.2) is 48.5 Å². The van der Waals surface area contributed by atoms with E-state index in [1.165, 1.54) is 0 Å². The van der Waals surface area contributed by atoms with Crippen LogP contribution in [-0.4, -0.2) is 23.5 Å². The fraction of sp³-hybridized carbons (Fsp3) is 0.250. The van der Waals surface area contributed by atoms with E-state index in [0.29, 0.717) is 17.2 Å². The molecule has 7 heteroatoms. The summed E-state index contributed by atoms with van der Waals surface area (Å²) in [5.41, 5.74) is 7.53. The van der Waals surface area contributed by atoms with Crippen LogP contribution in [0.4, 0.5) is 0 Å². The van der Waals surface area contributed by atoms with Gasteiger partial charge in [0.2, 0.25) is 0 Å². The summed E-state index contributed by atoms with van der Waals surface area (Å²) in [5.74, 6) is 0.218. The van der Waals surface area contributed by atoms with Gasteiger partial charge in [-0.25, -0.2) is 0 Å². The minimum Gasteiger partial charge on any atom is -0.484 e. The van der Waals surface area contributed by atoms with E-state index < -0.39 is 5.91 Å². The van der Waals surface area contributed by atoms with Crippen LogP contribution in [0, 0.1) is 6.92 Å². The summed E-state index contributed by atoms with van der Waals surface area (Å²) in [4.78, 5) is 23.9. The molecule has 0 aliphatic carbocycles. The van der Waals surface area contributed by atoms with Crippen LogP contribution in [-0.2, 0) is 4.79 Å². The van der Waals surface area contributed by atoms with Crippen molar-refractivity contribution in [2.75, 3.05) is 6.61 Å². The predicted molar refractivity (Wildman–Crippen MR) is 109 cm³/mol. The van der Waals surface area contributed by atoms with Gasteiger partial charge in [0.1, 0.15) is 5.75 Å². The van der Waals surface area contributed by atoms with Crippen molar-refractivity contribution >= 4 is 29.1 Å². The van der Waals surface area contributed by atoms with E-state index in [1.54, 1.807) is 18.2 Å². The number of rotatable bonds is 5. The fourth-order valence-corrected chi connectivity index (χ4v) is 2.39. The third-order valence-electron chi connectivity index (χ3n) is 3.74. The molecule has 0 spiro atoms. The van der Waals surface area contributed by atoms with Gasteiger partial charge in [-0.15, -0.1) is 0 Å². The van der Waals surface area contributed by atoms with E-state index in [4.69, 9.17) is 17.0 Å². The van der Waals surface area contributed by atoms with E-state index in [0.717, 1.165) is 11.1 Å². The van der Waals surface area contributed by atoms with Crippen molar-refractivity contribution in [1.82, 2.24) is 16.2 Å². The lowest BCUT2D eigenvalue weighted by molar-refractivity contribution is -0.123. The molecule has 2 amide bonds. The highest BCUT2D eigenvalue weighted by Gasteiger charge is 2.09. The molecule has 0 saturated heterocycles. The summed E-state index contributed by atoms with van der Waals surface area (Å²) in [6.07, 6.45) is 0. The number of carbonyl (C=O) groups is 2. The Hall–Kier alpha value is -2.93. The topological polar surface area (TPSA) is 79.5 Å². The second-order valence-corrected chi connectivity index (χ2v) is 6.75. The van der Waals surface area contributed by atoms with Crippen molar-refractivity contribution in [3.05, 3.63) is 65.2 Å². The maximum Gasteiger partial charge on any atom is 0.276 e. The molecular formula is C20H23N3O3S. The summed E-state index contributed by atoms with van der Waals surface area (Å²) in [7, 11) is 0. The van der Waals surface area contributed by atoms with Crippen LogP contribution in [0.25, 0.3) is 0 Å². The number of nitrogens with one attached hydrogen (secondary N) is 3. The molecule has 0 aliphatic rings. The Bertz CT molecular complexity index is 819. The zero-order chi connectivity index (χ0) is 19.8. The number of hydrogen-bond acceptors (Lipinski definition) is 4. The molecule has 27 heavy (non-hydrogen) atoms. The number of hydrazine groups is 1. The average molecular weight is 385 g/mol. The third-order valence-corrected chi connectivity index (χ3v) is 3.95. The molecule has 2 aromatic carbocycles. The Balaban J connectivity index is 1.74. The first-order valence-corrected chi connectivity index (χ1v) is 8.95. The van der Waals surface area contributed by atoms with Gasteiger partial charge < -0.3 is 4.74 Å². The van der Waals surface area contributed by atoms with Gasteiger partial charge in [-0.3, -0.25) is 25.8 Å². The number of ether oxygens (including phenoxy) is 1. The van der Waals surface area contributed by atoms with E-state index in [9.17, 15) is 9.59 Å². The molecule has 2 rings (SSSR count). The molecule has 0 bridgehead atoms. The summed E-state index contributed by atoms with van der Waals surface area (Å²) in [6.45, 7) is 5.93. The summed E-state index contributed by atoms with van der Waals surface area (Å²) >= 11 is 5.01. The van der Waals surface area contributed by atoms with E-state index in [-0.39, 0.29) is 17.6 Å². The van der Waals surface area contributed by atoms with Gasteiger partial charge in [0.05, 0.1) is 0 Å². The molecule has 0 aliphatic heterocycles. The van der Waals surface area contributed by atoms with E-state index in [1.807, 2.05) is 37.3 Å². The summed E-state index contributed by atoms with van der Waals surface area (Å²) in [6, 6.07) is 14.7. The molecule has 0 atom stereocenters. The standard InChI is InChI=1S/C20H23N3O3S/c1-13(2)15-7-9-16(10-8-15)19(25)21-20(27)23-22-18(24)12-26-17-6-4-5-14(3)11-17/h4-11,13H,12H2,1-3H3,(H,22,24)(H2,21,23,25,27). The first kappa shape index (κ1) is 20.4. The molecule has 0 unspecified atom stereocenters. The van der Waals surface area contributed by atoms with Gasteiger partial charge in [0.15, 0.2) is 11.7 Å². The molecule has 0 aromatic heterocycles. The normalized spacial score (nSPS) is 10.2. The molecule has 0 fully saturated rings. The Labute approximate surface area is 164 Å². The van der Waals surface area contributed by atoms with Crippen molar-refractivity contribution in [3.63, 3.8) is 0 Å². The van der Waals surface area contributed by atoms with Crippen LogP contribution in [0.2, 0.25) is 0 Å². The van der Waals surface area contributed by atoms with Gasteiger partial charge >= 0.3 is 0 Å². The highest BCUT2D eigenvalue weighted by Crippen LogP contribution is 2.14. The molecule has 2 aromatic rings. The Morgan fingerprint density at radius 3 is 2.41 bits per heavy atom. The predicted octanol–water partition coefficient (Wildman–Crippen LogP) is 2.83. The first-order valence-electron chi connectivity index (χ1n) is 8.54.